The van der Waals surface area contributed by atoms with Crippen LogP contribution in [0.1, 0.15) is 26.3 Å². The first-order valence-electron chi connectivity index (χ1n) is 33.2. The smallest absolute Gasteiger partial charge is 0.260 e. The molecule has 8 heteroatoms. The molecule has 0 N–H and O–H groups in total. The second-order valence-electron chi connectivity index (χ2n) is 26.4. The Morgan fingerprint density at radius 2 is 0.729 bits per heavy atom. The molecule has 0 amide bonds. The van der Waals surface area contributed by atoms with E-state index in [1.165, 1.54) is 22.0 Å². The fourth-order valence-electron chi connectivity index (χ4n) is 15.2. The lowest BCUT2D eigenvalue weighted by Crippen LogP contribution is -2.61. The average Bonchev–Trinajstić information content (AvgIpc) is 0.695. The lowest BCUT2D eigenvalue weighted by Gasteiger charge is -2.45. The highest BCUT2D eigenvalue weighted by atomic mass is 16.5. The monoisotopic (exact) mass is 1230 g/mol. The molecule has 0 atom stereocenters. The number of anilines is 12. The van der Waals surface area contributed by atoms with Crippen LogP contribution >= 0.6 is 0 Å². The predicted octanol–water partition coefficient (Wildman–Crippen LogP) is 19.7. The zero-order valence-electron chi connectivity index (χ0n) is 53.5. The summed E-state index contributed by atoms with van der Waals surface area (Å²) in [6, 6.07) is 122. The van der Waals surface area contributed by atoms with Crippen molar-refractivity contribution in [3.8, 4) is 56.4 Å². The van der Waals surface area contributed by atoms with Gasteiger partial charge in [-0.1, -0.05) is 227 Å². The molecule has 14 aromatic carbocycles. The minimum Gasteiger partial charge on any atom is -0.458 e. The Morgan fingerprint density at radius 1 is 0.271 bits per heavy atom. The summed E-state index contributed by atoms with van der Waals surface area (Å²) in [6.45, 7) is 6.50. The normalized spacial score (nSPS) is 12.8. The molecule has 14 aromatic rings. The van der Waals surface area contributed by atoms with Crippen LogP contribution in [0.25, 0.3) is 33.4 Å². The first-order valence-corrected chi connectivity index (χ1v) is 33.2. The van der Waals surface area contributed by atoms with E-state index in [1.54, 1.807) is 0 Å². The van der Waals surface area contributed by atoms with Gasteiger partial charge in [0.25, 0.3) is 13.4 Å². The van der Waals surface area contributed by atoms with E-state index < -0.39 is 0 Å². The third-order valence-electron chi connectivity index (χ3n) is 19.6. The Hall–Kier alpha value is -12.0. The number of benzene rings is 14. The van der Waals surface area contributed by atoms with Crippen LogP contribution in [0.5, 0.6) is 23.0 Å². The zero-order valence-corrected chi connectivity index (χ0v) is 53.5. The number of para-hydroxylation sites is 6. The van der Waals surface area contributed by atoms with E-state index in [9.17, 15) is 0 Å². The SMILES string of the molecule is CC(C)(C)c1ccc2c(c1)B1c3ccccc3Oc3cc(-c4cc5c6c(c4)N(c4ccccc4-c4ccccc4)c4cc(N(c7ccccc7)c7ccccc7)ccc4B6c4ccc(N(c6ccccc6)c6ccccc6)cc4N5c4cccc(-c5ccccc5)c4)cc(c31)O2. The topological polar surface area (TPSA) is 31.4 Å². The number of ether oxygens (including phenoxy) is 2. The average molecular weight is 1230 g/mol. The van der Waals surface area contributed by atoms with Crippen LogP contribution in [0.3, 0.4) is 0 Å². The van der Waals surface area contributed by atoms with Gasteiger partial charge in [-0.2, -0.15) is 0 Å². The number of rotatable bonds is 11. The molecule has 0 spiro atoms. The van der Waals surface area contributed by atoms with Gasteiger partial charge < -0.3 is 29.1 Å². The lowest BCUT2D eigenvalue weighted by molar-refractivity contribution is 0.464. The van der Waals surface area contributed by atoms with Gasteiger partial charge in [0.05, 0.1) is 5.69 Å². The maximum atomic E-state index is 7.27. The van der Waals surface area contributed by atoms with Gasteiger partial charge in [-0.3, -0.25) is 0 Å². The van der Waals surface area contributed by atoms with Gasteiger partial charge in [0.1, 0.15) is 23.0 Å². The summed E-state index contributed by atoms with van der Waals surface area (Å²) >= 11 is 0. The summed E-state index contributed by atoms with van der Waals surface area (Å²) in [7, 11) is 0. The maximum Gasteiger partial charge on any atom is 0.260 e. The fraction of sp³-hybridized carbons (Fsp3) is 0.0455. The second kappa shape index (κ2) is 22.9. The van der Waals surface area contributed by atoms with Crippen molar-refractivity contribution in [2.75, 3.05) is 19.6 Å². The summed E-state index contributed by atoms with van der Waals surface area (Å²) in [4.78, 5) is 9.89. The summed E-state index contributed by atoms with van der Waals surface area (Å²) in [6.07, 6.45) is 0. The van der Waals surface area contributed by atoms with E-state index in [1.807, 2.05) is 0 Å². The van der Waals surface area contributed by atoms with Crippen molar-refractivity contribution < 1.29 is 9.47 Å². The van der Waals surface area contributed by atoms with Crippen molar-refractivity contribution in [3.05, 3.63) is 339 Å². The molecule has 0 fully saturated rings. The molecule has 0 bridgehead atoms. The molecule has 18 rings (SSSR count). The van der Waals surface area contributed by atoms with Crippen molar-refractivity contribution in [2.45, 2.75) is 26.2 Å². The summed E-state index contributed by atoms with van der Waals surface area (Å²) in [5.74, 6) is 3.28. The van der Waals surface area contributed by atoms with Crippen molar-refractivity contribution in [1.82, 2.24) is 0 Å². The van der Waals surface area contributed by atoms with Gasteiger partial charge in [-0.05, 0) is 194 Å². The fourth-order valence-corrected chi connectivity index (χ4v) is 15.2. The van der Waals surface area contributed by atoms with Crippen molar-refractivity contribution in [2.24, 2.45) is 0 Å². The van der Waals surface area contributed by atoms with Gasteiger partial charge >= 0.3 is 0 Å². The minimum absolute atomic E-state index is 0.0683. The Morgan fingerprint density at radius 3 is 1.30 bits per heavy atom. The highest BCUT2D eigenvalue weighted by Crippen LogP contribution is 2.52. The molecule has 96 heavy (non-hydrogen) atoms. The van der Waals surface area contributed by atoms with Gasteiger partial charge in [0.2, 0.25) is 0 Å². The molecule has 4 heterocycles. The molecule has 6 nitrogen and oxygen atoms in total. The standard InChI is InChI=1S/C88H64B2N4O2/c1-88(2,3)64-45-50-83-76(56-64)90-75-42-23-25-44-82(75)95-84-54-63(55-85(96-83)87(84)90)62-52-80-86-81(53-62)94(77-43-24-22-41-72(77)60-29-12-5-13-30-60)79-58-71(92(67-36-18-8-19-37-67)68-38-20-9-21-39-68)47-49-74(79)89(86)73-48-46-70(91(65-32-14-6-15-33-65)66-34-16-7-17-35-66)57-78(73)93(80)69-40-26-31-61(51-69)59-27-10-4-11-28-59/h4-58H,1-3H3. The molecule has 4 aliphatic heterocycles. The number of nitrogens with zero attached hydrogens (tertiary/aromatic N) is 4. The molecule has 0 saturated carbocycles. The molecule has 0 radical (unpaired) electrons. The summed E-state index contributed by atoms with van der Waals surface area (Å²) < 4.78 is 14.5. The second-order valence-corrected chi connectivity index (χ2v) is 26.4. The molecular formula is C88H64B2N4O2. The third kappa shape index (κ3) is 9.58. The van der Waals surface area contributed by atoms with E-state index in [0.717, 1.165) is 141 Å². The number of hydrogen-bond acceptors (Lipinski definition) is 6. The van der Waals surface area contributed by atoms with Crippen molar-refractivity contribution in [3.63, 3.8) is 0 Å². The molecular weight excluding hydrogens is 1170 g/mol. The van der Waals surface area contributed by atoms with Crippen molar-refractivity contribution in [1.29, 1.82) is 0 Å². The van der Waals surface area contributed by atoms with Crippen LogP contribution in [0.2, 0.25) is 0 Å². The molecule has 0 aromatic heterocycles. The molecule has 0 saturated heterocycles. The predicted molar refractivity (Wildman–Crippen MR) is 403 cm³/mol. The maximum absolute atomic E-state index is 7.27. The Balaban J connectivity index is 0.948. The molecule has 0 aliphatic carbocycles. The first-order chi connectivity index (χ1) is 47.3. The van der Waals surface area contributed by atoms with E-state index in [0.29, 0.717) is 0 Å². The van der Waals surface area contributed by atoms with Crippen LogP contribution in [0.15, 0.2) is 334 Å². The Kier molecular flexibility index (Phi) is 13.6. The van der Waals surface area contributed by atoms with Gasteiger partial charge in [-0.15, -0.1) is 0 Å². The van der Waals surface area contributed by atoms with Crippen LogP contribution < -0.4 is 61.9 Å². The highest BCUT2D eigenvalue weighted by molar-refractivity contribution is 7.00. The lowest BCUT2D eigenvalue weighted by atomic mass is 9.33. The van der Waals surface area contributed by atoms with E-state index in [-0.39, 0.29) is 18.8 Å². The minimum atomic E-state index is -0.238. The summed E-state index contributed by atoms with van der Waals surface area (Å²) in [5, 5.41) is 0. The third-order valence-corrected chi connectivity index (χ3v) is 19.6. The molecule has 0 unspecified atom stereocenters. The highest BCUT2D eigenvalue weighted by Gasteiger charge is 2.46. The van der Waals surface area contributed by atoms with Crippen LogP contribution in [0.4, 0.5) is 68.2 Å². The van der Waals surface area contributed by atoms with Crippen LogP contribution in [0, 0.1) is 0 Å². The van der Waals surface area contributed by atoms with Crippen molar-refractivity contribution >= 4 is 114 Å². The number of hydrogen-bond donors (Lipinski definition) is 0. The van der Waals surface area contributed by atoms with Gasteiger partial charge in [0.15, 0.2) is 0 Å². The van der Waals surface area contributed by atoms with Crippen LogP contribution in [-0.2, 0) is 5.41 Å². The Labute approximate surface area is 562 Å². The number of fused-ring (bicyclic) bond motifs is 8. The van der Waals surface area contributed by atoms with Crippen LogP contribution in [-0.4, -0.2) is 13.4 Å². The molecule has 4 aliphatic rings. The van der Waals surface area contributed by atoms with E-state index in [2.05, 4.69) is 374 Å². The van der Waals surface area contributed by atoms with Gasteiger partial charge in [0, 0.05) is 73.6 Å². The Bertz CT molecular complexity index is 5220. The summed E-state index contributed by atoms with van der Waals surface area (Å²) in [5.41, 5.74) is 27.3. The zero-order chi connectivity index (χ0) is 64.0. The van der Waals surface area contributed by atoms with Gasteiger partial charge in [-0.25, -0.2) is 0 Å². The molecule has 454 valence electrons. The first kappa shape index (κ1) is 56.7. The van der Waals surface area contributed by atoms with E-state index in [4.69, 9.17) is 9.47 Å². The largest absolute Gasteiger partial charge is 0.458 e. The van der Waals surface area contributed by atoms with E-state index >= 15 is 0 Å². The quantitative estimate of drug-likeness (QED) is 0.120.